The van der Waals surface area contributed by atoms with E-state index in [0.29, 0.717) is 78.6 Å². The first kappa shape index (κ1) is 26.1. The minimum Gasteiger partial charge on any atom is -0.379 e. The standard InChI is InChI=1S/C19H39ClO6/c1-2-3-4-5-6-8-21-10-12-23-14-16-25-18-19-26-17-15-24-13-11-22-9-7-20/h2-19H2,1H3. The van der Waals surface area contributed by atoms with Crippen LogP contribution in [0.2, 0.25) is 0 Å². The minimum atomic E-state index is 0.515. The number of ether oxygens (including phenoxy) is 6. The monoisotopic (exact) mass is 398 g/mol. The lowest BCUT2D eigenvalue weighted by Gasteiger charge is -2.08. The second-order valence-corrected chi connectivity index (χ2v) is 6.16. The van der Waals surface area contributed by atoms with Crippen molar-refractivity contribution < 1.29 is 28.4 Å². The van der Waals surface area contributed by atoms with Gasteiger partial charge in [0.2, 0.25) is 0 Å². The topological polar surface area (TPSA) is 55.4 Å². The lowest BCUT2D eigenvalue weighted by atomic mass is 10.2. The molecule has 0 heterocycles. The van der Waals surface area contributed by atoms with Crippen LogP contribution >= 0.6 is 11.6 Å². The SMILES string of the molecule is CCCCCCCOCCOCCOCCOCCOCCOCCCl. The second kappa shape index (κ2) is 25.1. The molecule has 0 rings (SSSR count). The zero-order valence-electron chi connectivity index (χ0n) is 16.6. The lowest BCUT2D eigenvalue weighted by molar-refractivity contribution is -0.0162. The first-order valence-corrected chi connectivity index (χ1v) is 10.5. The third kappa shape index (κ3) is 24.1. The highest BCUT2D eigenvalue weighted by molar-refractivity contribution is 6.17. The van der Waals surface area contributed by atoms with Crippen LogP contribution in [0.3, 0.4) is 0 Å². The molecule has 7 heteroatoms. The first-order valence-electron chi connectivity index (χ1n) is 9.94. The van der Waals surface area contributed by atoms with Gasteiger partial charge in [-0.15, -0.1) is 11.6 Å². The van der Waals surface area contributed by atoms with Crippen molar-refractivity contribution in [1.82, 2.24) is 0 Å². The van der Waals surface area contributed by atoms with Crippen LogP contribution in [0.25, 0.3) is 0 Å². The summed E-state index contributed by atoms with van der Waals surface area (Å²) in [5, 5.41) is 0. The highest BCUT2D eigenvalue weighted by Gasteiger charge is 1.94. The number of rotatable bonds is 23. The summed E-state index contributed by atoms with van der Waals surface area (Å²) >= 11 is 5.48. The van der Waals surface area contributed by atoms with Gasteiger partial charge in [-0.3, -0.25) is 0 Å². The molecule has 0 saturated heterocycles. The van der Waals surface area contributed by atoms with Gasteiger partial charge in [-0.25, -0.2) is 0 Å². The number of unbranched alkanes of at least 4 members (excludes halogenated alkanes) is 4. The third-order valence-corrected chi connectivity index (χ3v) is 3.63. The van der Waals surface area contributed by atoms with Crippen molar-refractivity contribution >= 4 is 11.6 Å². The van der Waals surface area contributed by atoms with E-state index in [9.17, 15) is 0 Å². The summed E-state index contributed by atoms with van der Waals surface area (Å²) in [6.45, 7) is 9.47. The Morgan fingerprint density at radius 1 is 0.423 bits per heavy atom. The molecule has 0 aromatic rings. The second-order valence-electron chi connectivity index (χ2n) is 5.78. The van der Waals surface area contributed by atoms with Crippen molar-refractivity contribution in [2.45, 2.75) is 39.0 Å². The van der Waals surface area contributed by atoms with E-state index in [2.05, 4.69) is 6.92 Å². The van der Waals surface area contributed by atoms with E-state index in [0.717, 1.165) is 13.0 Å². The predicted octanol–water partition coefficient (Wildman–Crippen LogP) is 3.30. The normalized spacial score (nSPS) is 11.3. The Bertz CT molecular complexity index is 222. The van der Waals surface area contributed by atoms with Gasteiger partial charge >= 0.3 is 0 Å². The molecule has 0 aliphatic heterocycles. The van der Waals surface area contributed by atoms with Gasteiger partial charge in [-0.1, -0.05) is 32.6 Å². The van der Waals surface area contributed by atoms with Crippen LogP contribution in [0.15, 0.2) is 0 Å². The van der Waals surface area contributed by atoms with E-state index in [1.165, 1.54) is 25.7 Å². The Balaban J connectivity index is 2.95. The first-order chi connectivity index (χ1) is 12.9. The molecule has 158 valence electrons. The minimum absolute atomic E-state index is 0.515. The molecule has 0 aromatic heterocycles. The van der Waals surface area contributed by atoms with Crippen molar-refractivity contribution in [3.63, 3.8) is 0 Å². The zero-order chi connectivity index (χ0) is 19.0. The molecular weight excluding hydrogens is 360 g/mol. The van der Waals surface area contributed by atoms with E-state index in [4.69, 9.17) is 40.0 Å². The largest absolute Gasteiger partial charge is 0.379 e. The van der Waals surface area contributed by atoms with Crippen LogP contribution in [0.4, 0.5) is 0 Å². The van der Waals surface area contributed by atoms with Crippen molar-refractivity contribution in [3.8, 4) is 0 Å². The van der Waals surface area contributed by atoms with Crippen molar-refractivity contribution in [2.75, 3.05) is 85.2 Å². The summed E-state index contributed by atoms with van der Waals surface area (Å²) in [7, 11) is 0. The van der Waals surface area contributed by atoms with Crippen molar-refractivity contribution in [2.24, 2.45) is 0 Å². The molecule has 0 bridgehead atoms. The molecule has 0 spiro atoms. The third-order valence-electron chi connectivity index (χ3n) is 3.47. The Hall–Kier alpha value is 0.0500. The average Bonchev–Trinajstić information content (AvgIpc) is 2.66. The fraction of sp³-hybridized carbons (Fsp3) is 1.00. The Kier molecular flexibility index (Phi) is 25.1. The number of alkyl halides is 1. The van der Waals surface area contributed by atoms with E-state index < -0.39 is 0 Å². The van der Waals surface area contributed by atoms with Crippen LogP contribution in [0.1, 0.15) is 39.0 Å². The van der Waals surface area contributed by atoms with Gasteiger partial charge in [-0.05, 0) is 6.42 Å². The van der Waals surface area contributed by atoms with E-state index in [-0.39, 0.29) is 0 Å². The molecular formula is C19H39ClO6. The van der Waals surface area contributed by atoms with Gasteiger partial charge < -0.3 is 28.4 Å². The molecule has 0 aliphatic carbocycles. The highest BCUT2D eigenvalue weighted by Crippen LogP contribution is 2.02. The lowest BCUT2D eigenvalue weighted by Crippen LogP contribution is -2.14. The van der Waals surface area contributed by atoms with Gasteiger partial charge in [0.05, 0.1) is 72.7 Å². The van der Waals surface area contributed by atoms with Crippen LogP contribution in [0, 0.1) is 0 Å². The van der Waals surface area contributed by atoms with Crippen LogP contribution < -0.4 is 0 Å². The molecule has 0 radical (unpaired) electrons. The smallest absolute Gasteiger partial charge is 0.0701 e. The maximum Gasteiger partial charge on any atom is 0.0701 e. The van der Waals surface area contributed by atoms with E-state index in [1.54, 1.807) is 0 Å². The maximum atomic E-state index is 5.52. The predicted molar refractivity (Wildman–Crippen MR) is 104 cm³/mol. The molecule has 0 unspecified atom stereocenters. The molecule has 26 heavy (non-hydrogen) atoms. The number of hydrogen-bond acceptors (Lipinski definition) is 6. The molecule has 0 atom stereocenters. The zero-order valence-corrected chi connectivity index (χ0v) is 17.3. The molecule has 0 fully saturated rings. The Morgan fingerprint density at radius 2 is 0.769 bits per heavy atom. The van der Waals surface area contributed by atoms with Crippen LogP contribution in [-0.4, -0.2) is 85.2 Å². The van der Waals surface area contributed by atoms with Crippen molar-refractivity contribution in [3.05, 3.63) is 0 Å². The van der Waals surface area contributed by atoms with Gasteiger partial charge in [0.15, 0.2) is 0 Å². The summed E-state index contributed by atoms with van der Waals surface area (Å²) in [4.78, 5) is 0. The van der Waals surface area contributed by atoms with Gasteiger partial charge in [-0.2, -0.15) is 0 Å². The molecule has 0 aromatic carbocycles. The molecule has 0 aliphatic rings. The summed E-state index contributed by atoms with van der Waals surface area (Å²) in [5.74, 6) is 0.515. The number of halogens is 1. The van der Waals surface area contributed by atoms with Crippen LogP contribution in [-0.2, 0) is 28.4 Å². The summed E-state index contributed by atoms with van der Waals surface area (Å²) in [6.07, 6.45) is 6.33. The number of hydrogen-bond donors (Lipinski definition) is 0. The Labute approximate surface area is 164 Å². The molecule has 0 saturated carbocycles. The molecule has 6 nitrogen and oxygen atoms in total. The molecule has 0 N–H and O–H groups in total. The van der Waals surface area contributed by atoms with Gasteiger partial charge in [0.25, 0.3) is 0 Å². The van der Waals surface area contributed by atoms with E-state index >= 15 is 0 Å². The van der Waals surface area contributed by atoms with Crippen LogP contribution in [0.5, 0.6) is 0 Å². The fourth-order valence-corrected chi connectivity index (χ4v) is 2.17. The summed E-state index contributed by atoms with van der Waals surface area (Å²) in [6, 6.07) is 0. The molecule has 0 amide bonds. The summed E-state index contributed by atoms with van der Waals surface area (Å²) in [5.41, 5.74) is 0. The maximum absolute atomic E-state index is 5.52. The van der Waals surface area contributed by atoms with Crippen molar-refractivity contribution in [1.29, 1.82) is 0 Å². The Morgan fingerprint density at radius 3 is 1.15 bits per heavy atom. The fourth-order valence-electron chi connectivity index (χ4n) is 2.06. The van der Waals surface area contributed by atoms with E-state index in [1.807, 2.05) is 0 Å². The quantitative estimate of drug-likeness (QED) is 0.194. The highest BCUT2D eigenvalue weighted by atomic mass is 35.5. The summed E-state index contributed by atoms with van der Waals surface area (Å²) < 4.78 is 32.3. The van der Waals surface area contributed by atoms with Gasteiger partial charge in [0, 0.05) is 12.5 Å². The van der Waals surface area contributed by atoms with Gasteiger partial charge in [0.1, 0.15) is 0 Å². The average molecular weight is 399 g/mol.